The van der Waals surface area contributed by atoms with E-state index in [0.29, 0.717) is 9.52 Å². The molecule has 0 nitrogen and oxygen atoms in total. The SMILES string of the molecule is CCCCCC[SiH2]CC[Si](C)(C)C. The van der Waals surface area contributed by atoms with Gasteiger partial charge in [0.15, 0.2) is 0 Å². The summed E-state index contributed by atoms with van der Waals surface area (Å²) in [6.07, 6.45) is 5.88. The topological polar surface area (TPSA) is 0 Å². The minimum absolute atomic E-state index is 0.338. The predicted octanol–water partition coefficient (Wildman–Crippen LogP) is 3.91. The Morgan fingerprint density at radius 2 is 1.62 bits per heavy atom. The maximum absolute atomic E-state index is 2.50. The van der Waals surface area contributed by atoms with Crippen molar-refractivity contribution in [1.29, 1.82) is 0 Å². The van der Waals surface area contributed by atoms with Crippen LogP contribution in [0.3, 0.4) is 0 Å². The van der Waals surface area contributed by atoms with E-state index >= 15 is 0 Å². The zero-order valence-corrected chi connectivity index (χ0v) is 12.6. The van der Waals surface area contributed by atoms with Crippen LogP contribution in [0.5, 0.6) is 0 Å². The third kappa shape index (κ3) is 12.4. The lowest BCUT2D eigenvalue weighted by Gasteiger charge is -2.14. The monoisotopic (exact) mass is 216 g/mol. The Balaban J connectivity index is 3.00. The van der Waals surface area contributed by atoms with Crippen LogP contribution in [0, 0.1) is 0 Å². The molecule has 0 radical (unpaired) electrons. The van der Waals surface area contributed by atoms with E-state index in [1.165, 1.54) is 25.7 Å². The first-order chi connectivity index (χ1) is 6.06. The lowest BCUT2D eigenvalue weighted by atomic mass is 10.2. The normalized spacial score (nSPS) is 12.9. The van der Waals surface area contributed by atoms with Crippen LogP contribution in [0.15, 0.2) is 0 Å². The Hall–Kier alpha value is 0.434. The van der Waals surface area contributed by atoms with Gasteiger partial charge in [-0.15, -0.1) is 0 Å². The van der Waals surface area contributed by atoms with Crippen molar-refractivity contribution in [2.45, 2.75) is 70.4 Å². The van der Waals surface area contributed by atoms with Crippen molar-refractivity contribution in [3.05, 3.63) is 0 Å². The van der Waals surface area contributed by atoms with E-state index in [1.807, 2.05) is 0 Å². The Morgan fingerprint density at radius 3 is 2.15 bits per heavy atom. The maximum atomic E-state index is 2.50. The summed E-state index contributed by atoms with van der Waals surface area (Å²) in [6, 6.07) is 4.83. The van der Waals surface area contributed by atoms with E-state index < -0.39 is 8.07 Å². The maximum Gasteiger partial charge on any atom is 0.0439 e. The fourth-order valence-corrected chi connectivity index (χ4v) is 7.92. The molecule has 2 heteroatoms. The second-order valence-electron chi connectivity index (χ2n) is 5.43. The summed E-state index contributed by atoms with van der Waals surface area (Å²) in [5.41, 5.74) is 0. The van der Waals surface area contributed by atoms with Crippen LogP contribution >= 0.6 is 0 Å². The van der Waals surface area contributed by atoms with Crippen LogP contribution in [0.25, 0.3) is 0 Å². The summed E-state index contributed by atoms with van der Waals surface area (Å²) in [5.74, 6) is 0. The molecule has 80 valence electrons. The van der Waals surface area contributed by atoms with Crippen molar-refractivity contribution in [2.75, 3.05) is 0 Å². The van der Waals surface area contributed by atoms with Gasteiger partial charge in [0.05, 0.1) is 0 Å². The van der Waals surface area contributed by atoms with E-state index in [2.05, 4.69) is 26.6 Å². The minimum Gasteiger partial charge on any atom is -0.0696 e. The number of rotatable bonds is 8. The molecule has 0 rings (SSSR count). The molecule has 0 amide bonds. The molecule has 0 aromatic heterocycles. The lowest BCUT2D eigenvalue weighted by molar-refractivity contribution is 0.700. The zero-order chi connectivity index (χ0) is 10.2. The first kappa shape index (κ1) is 13.4. The summed E-state index contributed by atoms with van der Waals surface area (Å²) >= 11 is 0. The summed E-state index contributed by atoms with van der Waals surface area (Å²) in [7, 11) is -0.360. The van der Waals surface area contributed by atoms with Crippen LogP contribution in [-0.2, 0) is 0 Å². The van der Waals surface area contributed by atoms with Crippen molar-refractivity contribution < 1.29 is 0 Å². The van der Waals surface area contributed by atoms with E-state index in [4.69, 9.17) is 0 Å². The molecule has 0 atom stereocenters. The molecule has 0 aromatic rings. The highest BCUT2D eigenvalue weighted by Gasteiger charge is 2.11. The largest absolute Gasteiger partial charge is 0.0696 e. The molecule has 0 spiro atoms. The fraction of sp³-hybridized carbons (Fsp3) is 1.00. The van der Waals surface area contributed by atoms with Crippen LogP contribution < -0.4 is 0 Å². The molecule has 0 heterocycles. The van der Waals surface area contributed by atoms with Gasteiger partial charge in [-0.25, -0.2) is 0 Å². The Labute approximate surface area is 88.3 Å². The minimum atomic E-state index is -0.698. The lowest BCUT2D eigenvalue weighted by Crippen LogP contribution is -2.19. The van der Waals surface area contributed by atoms with Gasteiger partial charge in [-0.1, -0.05) is 70.4 Å². The molecule has 0 aliphatic rings. The van der Waals surface area contributed by atoms with Crippen LogP contribution in [0.1, 0.15) is 32.6 Å². The van der Waals surface area contributed by atoms with E-state index in [1.54, 1.807) is 18.1 Å². The summed E-state index contributed by atoms with van der Waals surface area (Å²) < 4.78 is 0. The van der Waals surface area contributed by atoms with E-state index in [0.717, 1.165) is 0 Å². The van der Waals surface area contributed by atoms with E-state index in [-0.39, 0.29) is 0 Å². The van der Waals surface area contributed by atoms with Crippen molar-refractivity contribution in [3.63, 3.8) is 0 Å². The van der Waals surface area contributed by atoms with Crippen molar-refractivity contribution in [2.24, 2.45) is 0 Å². The molecule has 0 bridgehead atoms. The smallest absolute Gasteiger partial charge is 0.0439 e. The average molecular weight is 217 g/mol. The molecular formula is C11H28Si2. The van der Waals surface area contributed by atoms with E-state index in [9.17, 15) is 0 Å². The molecule has 0 saturated carbocycles. The van der Waals surface area contributed by atoms with Gasteiger partial charge >= 0.3 is 0 Å². The van der Waals surface area contributed by atoms with Gasteiger partial charge < -0.3 is 0 Å². The second kappa shape index (κ2) is 7.80. The zero-order valence-electron chi connectivity index (χ0n) is 10.2. The quantitative estimate of drug-likeness (QED) is 0.426. The highest BCUT2D eigenvalue weighted by Crippen LogP contribution is 2.12. The number of hydrogen-bond acceptors (Lipinski definition) is 0. The third-order valence-electron chi connectivity index (χ3n) is 2.53. The van der Waals surface area contributed by atoms with Crippen LogP contribution in [0.2, 0.25) is 37.8 Å². The molecule has 0 aliphatic heterocycles. The van der Waals surface area contributed by atoms with Gasteiger partial charge in [-0.05, 0) is 0 Å². The van der Waals surface area contributed by atoms with Gasteiger partial charge in [0.2, 0.25) is 0 Å². The molecular weight excluding hydrogens is 188 g/mol. The first-order valence-corrected chi connectivity index (χ1v) is 11.8. The Bertz CT molecular complexity index is 105. The highest BCUT2D eigenvalue weighted by molar-refractivity contribution is 6.76. The molecule has 0 aliphatic carbocycles. The van der Waals surface area contributed by atoms with Crippen molar-refractivity contribution in [3.8, 4) is 0 Å². The van der Waals surface area contributed by atoms with Gasteiger partial charge in [0.25, 0.3) is 0 Å². The number of unbranched alkanes of at least 4 members (excludes halogenated alkanes) is 3. The predicted molar refractivity (Wildman–Crippen MR) is 70.5 cm³/mol. The number of hydrogen-bond donors (Lipinski definition) is 0. The van der Waals surface area contributed by atoms with Crippen LogP contribution in [-0.4, -0.2) is 17.6 Å². The molecule has 0 N–H and O–H groups in total. The summed E-state index contributed by atoms with van der Waals surface area (Å²) in [4.78, 5) is 0. The second-order valence-corrected chi connectivity index (χ2v) is 13.2. The average Bonchev–Trinajstić information content (AvgIpc) is 2.01. The summed E-state index contributed by atoms with van der Waals surface area (Å²) in [6.45, 7) is 9.79. The molecule has 13 heavy (non-hydrogen) atoms. The Morgan fingerprint density at radius 1 is 0.923 bits per heavy atom. The van der Waals surface area contributed by atoms with Gasteiger partial charge in [0.1, 0.15) is 0 Å². The van der Waals surface area contributed by atoms with Crippen molar-refractivity contribution >= 4 is 17.6 Å². The molecule has 0 saturated heterocycles. The standard InChI is InChI=1S/C11H28Si2/c1-5-6-7-8-9-12-10-11-13(2,3)4/h5-12H2,1-4H3. The summed E-state index contributed by atoms with van der Waals surface area (Å²) in [5, 5.41) is 0. The molecule has 0 fully saturated rings. The molecule has 0 unspecified atom stereocenters. The first-order valence-electron chi connectivity index (χ1n) is 6.06. The highest BCUT2D eigenvalue weighted by atomic mass is 28.3. The fourth-order valence-electron chi connectivity index (χ4n) is 1.61. The van der Waals surface area contributed by atoms with Gasteiger partial charge in [-0.3, -0.25) is 0 Å². The Kier molecular flexibility index (Phi) is 8.06. The van der Waals surface area contributed by atoms with Gasteiger partial charge in [0, 0.05) is 17.6 Å². The third-order valence-corrected chi connectivity index (χ3v) is 6.94. The molecule has 0 aromatic carbocycles. The van der Waals surface area contributed by atoms with Crippen molar-refractivity contribution in [1.82, 2.24) is 0 Å². The van der Waals surface area contributed by atoms with Crippen LogP contribution in [0.4, 0.5) is 0 Å². The van der Waals surface area contributed by atoms with Gasteiger partial charge in [-0.2, -0.15) is 0 Å².